The number of para-hydroxylation sites is 1. The van der Waals surface area contributed by atoms with Crippen LogP contribution in [-0.4, -0.2) is 6.04 Å². The molecule has 2 nitrogen and oxygen atoms in total. The van der Waals surface area contributed by atoms with Gasteiger partial charge < -0.3 is 10.6 Å². The summed E-state index contributed by atoms with van der Waals surface area (Å²) in [6.45, 7) is 5.03. The van der Waals surface area contributed by atoms with Crippen molar-refractivity contribution < 1.29 is 0 Å². The Hall–Kier alpha value is -1.80. The monoisotopic (exact) mass is 252 g/mol. The molecule has 2 heteroatoms. The summed E-state index contributed by atoms with van der Waals surface area (Å²) in [5, 5.41) is 0. The molecule has 0 aliphatic carbocycles. The van der Waals surface area contributed by atoms with Crippen molar-refractivity contribution in [3.8, 4) is 0 Å². The molecule has 2 aromatic carbocycles. The maximum atomic E-state index is 5.74. The number of benzene rings is 2. The smallest absolute Gasteiger partial charge is 0.0446 e. The molecule has 0 amide bonds. The van der Waals surface area contributed by atoms with Crippen LogP contribution in [0.15, 0.2) is 42.5 Å². The van der Waals surface area contributed by atoms with E-state index in [-0.39, 0.29) is 0 Å². The fourth-order valence-corrected chi connectivity index (χ4v) is 3.02. The van der Waals surface area contributed by atoms with Crippen LogP contribution in [0.5, 0.6) is 0 Å². The van der Waals surface area contributed by atoms with Gasteiger partial charge in [0.2, 0.25) is 0 Å². The van der Waals surface area contributed by atoms with Crippen molar-refractivity contribution in [2.45, 2.75) is 32.9 Å². The standard InChI is InChI=1S/C17H20N2/c1-12-9-16(8-7-15(12)11-18)19-13(2)10-14-5-3-4-6-17(14)19/h3-9,13H,10-11,18H2,1-2H3. The maximum Gasteiger partial charge on any atom is 0.0446 e. The van der Waals surface area contributed by atoms with Gasteiger partial charge in [-0.2, -0.15) is 0 Å². The number of aryl methyl sites for hydroxylation is 1. The van der Waals surface area contributed by atoms with Crippen molar-refractivity contribution >= 4 is 11.4 Å². The number of rotatable bonds is 2. The zero-order valence-corrected chi connectivity index (χ0v) is 11.6. The minimum absolute atomic E-state index is 0.514. The van der Waals surface area contributed by atoms with Gasteiger partial charge in [-0.15, -0.1) is 0 Å². The molecule has 1 aliphatic rings. The van der Waals surface area contributed by atoms with Crippen LogP contribution in [0.1, 0.15) is 23.6 Å². The molecule has 19 heavy (non-hydrogen) atoms. The first kappa shape index (κ1) is 12.2. The van der Waals surface area contributed by atoms with Crippen LogP contribution in [0.3, 0.4) is 0 Å². The van der Waals surface area contributed by atoms with Gasteiger partial charge in [0.15, 0.2) is 0 Å². The first-order valence-electron chi connectivity index (χ1n) is 6.87. The summed E-state index contributed by atoms with van der Waals surface area (Å²) in [6, 6.07) is 15.8. The van der Waals surface area contributed by atoms with E-state index in [1.165, 1.54) is 28.1 Å². The zero-order chi connectivity index (χ0) is 13.4. The first-order valence-corrected chi connectivity index (χ1v) is 6.87. The number of nitrogens with zero attached hydrogens (tertiary/aromatic N) is 1. The average molecular weight is 252 g/mol. The topological polar surface area (TPSA) is 29.3 Å². The fourth-order valence-electron chi connectivity index (χ4n) is 3.02. The number of fused-ring (bicyclic) bond motifs is 1. The molecule has 0 saturated heterocycles. The summed E-state index contributed by atoms with van der Waals surface area (Å²) in [5.41, 5.74) is 12.3. The summed E-state index contributed by atoms with van der Waals surface area (Å²) >= 11 is 0. The molecular weight excluding hydrogens is 232 g/mol. The zero-order valence-electron chi connectivity index (χ0n) is 11.6. The molecule has 1 heterocycles. The van der Waals surface area contributed by atoms with Gasteiger partial charge in [-0.1, -0.05) is 24.3 Å². The highest BCUT2D eigenvalue weighted by atomic mass is 15.2. The van der Waals surface area contributed by atoms with E-state index in [0.29, 0.717) is 12.6 Å². The molecular formula is C17H20N2. The molecule has 1 unspecified atom stereocenters. The lowest BCUT2D eigenvalue weighted by atomic mass is 10.1. The van der Waals surface area contributed by atoms with Crippen molar-refractivity contribution in [1.82, 2.24) is 0 Å². The Morgan fingerprint density at radius 3 is 2.74 bits per heavy atom. The largest absolute Gasteiger partial charge is 0.338 e. The summed E-state index contributed by atoms with van der Waals surface area (Å²) in [5.74, 6) is 0. The van der Waals surface area contributed by atoms with Crippen molar-refractivity contribution in [3.63, 3.8) is 0 Å². The lowest BCUT2D eigenvalue weighted by Crippen LogP contribution is -2.24. The third-order valence-corrected chi connectivity index (χ3v) is 4.03. The highest BCUT2D eigenvalue weighted by molar-refractivity contribution is 5.71. The average Bonchev–Trinajstić information content (AvgIpc) is 2.74. The van der Waals surface area contributed by atoms with Gasteiger partial charge >= 0.3 is 0 Å². The Morgan fingerprint density at radius 2 is 2.00 bits per heavy atom. The van der Waals surface area contributed by atoms with E-state index in [1.807, 2.05) is 0 Å². The molecule has 2 N–H and O–H groups in total. The van der Waals surface area contributed by atoms with Gasteiger partial charge in [0.25, 0.3) is 0 Å². The second kappa shape index (κ2) is 4.71. The molecule has 0 spiro atoms. The predicted molar refractivity (Wildman–Crippen MR) is 80.8 cm³/mol. The van der Waals surface area contributed by atoms with E-state index in [9.17, 15) is 0 Å². The van der Waals surface area contributed by atoms with Crippen LogP contribution >= 0.6 is 0 Å². The Bertz CT molecular complexity index is 604. The van der Waals surface area contributed by atoms with Gasteiger partial charge in [0.05, 0.1) is 0 Å². The van der Waals surface area contributed by atoms with Gasteiger partial charge in [0.1, 0.15) is 0 Å². The molecule has 0 fully saturated rings. The van der Waals surface area contributed by atoms with E-state index in [4.69, 9.17) is 5.73 Å². The second-order valence-electron chi connectivity index (χ2n) is 5.37. The van der Waals surface area contributed by atoms with Crippen molar-refractivity contribution in [3.05, 3.63) is 59.2 Å². The number of hydrogen-bond acceptors (Lipinski definition) is 2. The van der Waals surface area contributed by atoms with Gasteiger partial charge in [-0.25, -0.2) is 0 Å². The van der Waals surface area contributed by atoms with E-state index in [0.717, 1.165) is 6.42 Å². The maximum absolute atomic E-state index is 5.74. The SMILES string of the molecule is Cc1cc(N2c3ccccc3CC2C)ccc1CN. The lowest BCUT2D eigenvalue weighted by Gasteiger charge is -2.26. The number of nitrogens with two attached hydrogens (primary N) is 1. The highest BCUT2D eigenvalue weighted by Crippen LogP contribution is 2.38. The van der Waals surface area contributed by atoms with Gasteiger partial charge in [-0.3, -0.25) is 0 Å². The summed E-state index contributed by atoms with van der Waals surface area (Å²) < 4.78 is 0. The summed E-state index contributed by atoms with van der Waals surface area (Å²) in [6.07, 6.45) is 1.12. The Labute approximate surface area is 114 Å². The van der Waals surface area contributed by atoms with E-state index < -0.39 is 0 Å². The van der Waals surface area contributed by atoms with Crippen LogP contribution in [0.2, 0.25) is 0 Å². The van der Waals surface area contributed by atoms with Crippen LogP contribution in [0, 0.1) is 6.92 Å². The van der Waals surface area contributed by atoms with Gasteiger partial charge in [0, 0.05) is 24.0 Å². The first-order chi connectivity index (χ1) is 9.20. The fraction of sp³-hybridized carbons (Fsp3) is 0.294. The van der Waals surface area contributed by atoms with E-state index in [1.54, 1.807) is 0 Å². The van der Waals surface area contributed by atoms with E-state index >= 15 is 0 Å². The Balaban J connectivity index is 2.05. The van der Waals surface area contributed by atoms with Gasteiger partial charge in [-0.05, 0) is 55.2 Å². The molecule has 1 aliphatic heterocycles. The molecule has 1 atom stereocenters. The number of hydrogen-bond donors (Lipinski definition) is 1. The third kappa shape index (κ3) is 2.02. The second-order valence-corrected chi connectivity index (χ2v) is 5.37. The minimum Gasteiger partial charge on any atom is -0.338 e. The third-order valence-electron chi connectivity index (χ3n) is 4.03. The highest BCUT2D eigenvalue weighted by Gasteiger charge is 2.26. The van der Waals surface area contributed by atoms with Crippen LogP contribution < -0.4 is 10.6 Å². The molecule has 0 bridgehead atoms. The predicted octanol–water partition coefficient (Wildman–Crippen LogP) is 3.54. The van der Waals surface area contributed by atoms with Crippen LogP contribution in [-0.2, 0) is 13.0 Å². The Kier molecular flexibility index (Phi) is 3.03. The normalized spacial score (nSPS) is 17.6. The molecule has 0 aromatic heterocycles. The quantitative estimate of drug-likeness (QED) is 0.886. The van der Waals surface area contributed by atoms with Crippen molar-refractivity contribution in [1.29, 1.82) is 0 Å². The van der Waals surface area contributed by atoms with Crippen molar-refractivity contribution in [2.75, 3.05) is 4.90 Å². The molecule has 3 rings (SSSR count). The number of anilines is 2. The van der Waals surface area contributed by atoms with E-state index in [2.05, 4.69) is 61.2 Å². The minimum atomic E-state index is 0.514. The lowest BCUT2D eigenvalue weighted by molar-refractivity contribution is 0.758. The molecule has 0 saturated carbocycles. The Morgan fingerprint density at radius 1 is 1.21 bits per heavy atom. The summed E-state index contributed by atoms with van der Waals surface area (Å²) in [4.78, 5) is 2.43. The van der Waals surface area contributed by atoms with Crippen molar-refractivity contribution in [2.24, 2.45) is 5.73 Å². The molecule has 0 radical (unpaired) electrons. The summed E-state index contributed by atoms with van der Waals surface area (Å²) in [7, 11) is 0. The van der Waals surface area contributed by atoms with Crippen LogP contribution in [0.25, 0.3) is 0 Å². The molecule has 2 aromatic rings. The van der Waals surface area contributed by atoms with Crippen LogP contribution in [0.4, 0.5) is 11.4 Å². The molecule has 98 valence electrons.